The fourth-order valence-corrected chi connectivity index (χ4v) is 1.97. The Balaban J connectivity index is 1.82. The first kappa shape index (κ1) is 10.0. The molecule has 5 heteroatoms. The normalized spacial score (nSPS) is 16.4. The maximum atomic E-state index is 8.92. The van der Waals surface area contributed by atoms with Crippen LogP contribution in [0.1, 0.15) is 18.5 Å². The molecule has 1 aliphatic rings. The first-order valence-electron chi connectivity index (χ1n) is 4.97. The summed E-state index contributed by atoms with van der Waals surface area (Å²) in [5.41, 5.74) is 1.02. The van der Waals surface area contributed by atoms with Crippen molar-refractivity contribution in [2.75, 3.05) is 19.7 Å². The summed E-state index contributed by atoms with van der Waals surface area (Å²) in [6.07, 6.45) is 2.69. The van der Waals surface area contributed by atoms with Crippen molar-refractivity contribution in [3.63, 3.8) is 0 Å². The lowest BCUT2D eigenvalue weighted by atomic mass is 10.3. The quantitative estimate of drug-likeness (QED) is 0.757. The zero-order valence-corrected chi connectivity index (χ0v) is 8.91. The fraction of sp³-hybridized carbons (Fsp3) is 0.778. The summed E-state index contributed by atoms with van der Waals surface area (Å²) in [6.45, 7) is 2.89. The molecule has 0 saturated heterocycles. The van der Waals surface area contributed by atoms with Gasteiger partial charge in [-0.05, 0) is 30.3 Å². The topological polar surface area (TPSA) is 49.2 Å². The molecule has 0 atom stereocenters. The van der Waals surface area contributed by atoms with Gasteiger partial charge in [-0.15, -0.1) is 5.10 Å². The van der Waals surface area contributed by atoms with Gasteiger partial charge in [0.1, 0.15) is 0 Å². The van der Waals surface area contributed by atoms with Crippen molar-refractivity contribution in [2.24, 2.45) is 5.92 Å². The highest BCUT2D eigenvalue weighted by molar-refractivity contribution is 7.03. The van der Waals surface area contributed by atoms with Crippen LogP contribution in [-0.2, 0) is 6.54 Å². The molecule has 1 aromatic rings. The highest BCUT2D eigenvalue weighted by Crippen LogP contribution is 2.29. The summed E-state index contributed by atoms with van der Waals surface area (Å²) < 4.78 is 3.83. The second kappa shape index (κ2) is 4.82. The highest BCUT2D eigenvalue weighted by atomic mass is 32.1. The van der Waals surface area contributed by atoms with Gasteiger partial charge in [0.15, 0.2) is 0 Å². The van der Waals surface area contributed by atoms with Gasteiger partial charge in [-0.2, -0.15) is 0 Å². The molecule has 14 heavy (non-hydrogen) atoms. The summed E-state index contributed by atoms with van der Waals surface area (Å²) >= 11 is 1.38. The van der Waals surface area contributed by atoms with Crippen LogP contribution in [0.15, 0.2) is 5.38 Å². The molecule has 0 aliphatic heterocycles. The van der Waals surface area contributed by atoms with Crippen molar-refractivity contribution >= 4 is 11.5 Å². The molecule has 0 aromatic carbocycles. The standard InChI is InChI=1S/C9H15N3OS/c13-4-3-12(5-8-1-2-8)6-9-7-14-11-10-9/h7-8,13H,1-6H2. The van der Waals surface area contributed by atoms with E-state index < -0.39 is 0 Å². The van der Waals surface area contributed by atoms with Crippen molar-refractivity contribution in [3.05, 3.63) is 11.1 Å². The zero-order valence-electron chi connectivity index (χ0n) is 8.09. The number of aromatic nitrogens is 2. The molecule has 2 rings (SSSR count). The molecule has 4 nitrogen and oxygen atoms in total. The molecule has 1 heterocycles. The van der Waals surface area contributed by atoms with Crippen LogP contribution in [0.4, 0.5) is 0 Å². The molecule has 0 spiro atoms. The van der Waals surface area contributed by atoms with E-state index in [1.165, 1.54) is 24.4 Å². The second-order valence-corrected chi connectivity index (χ2v) is 4.41. The van der Waals surface area contributed by atoms with Crippen LogP contribution in [0, 0.1) is 5.92 Å². The highest BCUT2D eigenvalue weighted by Gasteiger charge is 2.24. The Morgan fingerprint density at radius 1 is 1.57 bits per heavy atom. The van der Waals surface area contributed by atoms with Gasteiger partial charge >= 0.3 is 0 Å². The molecule has 0 amide bonds. The number of nitrogens with zero attached hydrogens (tertiary/aromatic N) is 3. The number of hydrogen-bond acceptors (Lipinski definition) is 5. The second-order valence-electron chi connectivity index (χ2n) is 3.80. The van der Waals surface area contributed by atoms with Gasteiger partial charge in [0, 0.05) is 25.0 Å². The van der Waals surface area contributed by atoms with Crippen LogP contribution in [0.5, 0.6) is 0 Å². The first-order chi connectivity index (χ1) is 6.88. The maximum Gasteiger partial charge on any atom is 0.0895 e. The SMILES string of the molecule is OCCN(Cc1csnn1)CC1CC1. The van der Waals surface area contributed by atoms with Crippen molar-refractivity contribution in [1.29, 1.82) is 0 Å². The predicted octanol–water partition coefficient (Wildman–Crippen LogP) is 0.742. The average molecular weight is 213 g/mol. The minimum Gasteiger partial charge on any atom is -0.395 e. The maximum absolute atomic E-state index is 8.92. The lowest BCUT2D eigenvalue weighted by molar-refractivity contribution is 0.183. The third-order valence-electron chi connectivity index (χ3n) is 2.42. The number of rotatable bonds is 6. The lowest BCUT2D eigenvalue weighted by Crippen LogP contribution is -2.28. The summed E-state index contributed by atoms with van der Waals surface area (Å²) in [5, 5.41) is 14.9. The summed E-state index contributed by atoms with van der Waals surface area (Å²) in [4.78, 5) is 2.26. The lowest BCUT2D eigenvalue weighted by Gasteiger charge is -2.19. The molecule has 0 radical (unpaired) electrons. The van der Waals surface area contributed by atoms with Gasteiger partial charge in [0.2, 0.25) is 0 Å². The van der Waals surface area contributed by atoms with Gasteiger partial charge in [0.05, 0.1) is 12.3 Å². The fourth-order valence-electron chi connectivity index (χ4n) is 1.52. The van der Waals surface area contributed by atoms with E-state index >= 15 is 0 Å². The van der Waals surface area contributed by atoms with E-state index in [-0.39, 0.29) is 6.61 Å². The minimum atomic E-state index is 0.226. The molecular weight excluding hydrogens is 198 g/mol. The molecule has 1 fully saturated rings. The van der Waals surface area contributed by atoms with Gasteiger partial charge in [-0.25, -0.2) is 0 Å². The Morgan fingerprint density at radius 2 is 2.43 bits per heavy atom. The van der Waals surface area contributed by atoms with Gasteiger partial charge in [0.25, 0.3) is 0 Å². The Labute approximate surface area is 87.7 Å². The number of aliphatic hydroxyl groups is 1. The van der Waals surface area contributed by atoms with E-state index in [0.29, 0.717) is 0 Å². The third kappa shape index (κ3) is 3.01. The third-order valence-corrected chi connectivity index (χ3v) is 2.97. The van der Waals surface area contributed by atoms with Crippen LogP contribution >= 0.6 is 11.5 Å². The Hall–Kier alpha value is -0.520. The number of aliphatic hydroxyl groups excluding tert-OH is 1. The molecule has 0 bridgehead atoms. The van der Waals surface area contributed by atoms with Crippen LogP contribution < -0.4 is 0 Å². The van der Waals surface area contributed by atoms with Gasteiger partial charge in [-0.1, -0.05) is 4.49 Å². The molecule has 1 N–H and O–H groups in total. The monoisotopic (exact) mass is 213 g/mol. The Bertz CT molecular complexity index is 261. The van der Waals surface area contributed by atoms with Crippen LogP contribution in [-0.4, -0.2) is 39.3 Å². The predicted molar refractivity (Wildman–Crippen MR) is 55.0 cm³/mol. The summed E-state index contributed by atoms with van der Waals surface area (Å²) in [6, 6.07) is 0. The van der Waals surface area contributed by atoms with E-state index in [2.05, 4.69) is 14.5 Å². The van der Waals surface area contributed by atoms with Crippen LogP contribution in [0.3, 0.4) is 0 Å². The van der Waals surface area contributed by atoms with Crippen LogP contribution in [0.25, 0.3) is 0 Å². The van der Waals surface area contributed by atoms with E-state index in [0.717, 1.165) is 31.2 Å². The minimum absolute atomic E-state index is 0.226. The molecule has 0 unspecified atom stereocenters. The van der Waals surface area contributed by atoms with Gasteiger partial charge < -0.3 is 5.11 Å². The molecule has 1 aliphatic carbocycles. The van der Waals surface area contributed by atoms with Crippen molar-refractivity contribution in [3.8, 4) is 0 Å². The number of hydrogen-bond donors (Lipinski definition) is 1. The summed E-state index contributed by atoms with van der Waals surface area (Å²) in [5.74, 6) is 0.855. The Morgan fingerprint density at radius 3 is 3.00 bits per heavy atom. The van der Waals surface area contributed by atoms with Gasteiger partial charge in [-0.3, -0.25) is 4.90 Å². The molecule has 1 aromatic heterocycles. The Kier molecular flexibility index (Phi) is 3.44. The van der Waals surface area contributed by atoms with E-state index in [1.54, 1.807) is 0 Å². The zero-order chi connectivity index (χ0) is 9.80. The average Bonchev–Trinajstić information content (AvgIpc) is 2.81. The smallest absolute Gasteiger partial charge is 0.0895 e. The van der Waals surface area contributed by atoms with Crippen molar-refractivity contribution < 1.29 is 5.11 Å². The van der Waals surface area contributed by atoms with Crippen molar-refractivity contribution in [1.82, 2.24) is 14.5 Å². The summed E-state index contributed by atoms with van der Waals surface area (Å²) in [7, 11) is 0. The molecular formula is C9H15N3OS. The molecule has 78 valence electrons. The van der Waals surface area contributed by atoms with Crippen molar-refractivity contribution in [2.45, 2.75) is 19.4 Å². The first-order valence-corrected chi connectivity index (χ1v) is 5.81. The van der Waals surface area contributed by atoms with E-state index in [1.807, 2.05) is 5.38 Å². The molecule has 1 saturated carbocycles. The van der Waals surface area contributed by atoms with E-state index in [9.17, 15) is 0 Å². The largest absolute Gasteiger partial charge is 0.395 e. The van der Waals surface area contributed by atoms with E-state index in [4.69, 9.17) is 5.11 Å². The van der Waals surface area contributed by atoms with Crippen LogP contribution in [0.2, 0.25) is 0 Å².